The SMILES string of the molecule is CC(Oc1cc(-n2cnc3ccc(Br)cc32)sc1C(N)=O)c1cccc(OC2CCN(C(=O)OC(C)(C)C)CC2)c1Cl. The van der Waals surface area contributed by atoms with Crippen LogP contribution < -0.4 is 15.2 Å². The maximum atomic E-state index is 12.4. The average molecular weight is 676 g/mol. The molecule has 9 nitrogen and oxygen atoms in total. The largest absolute Gasteiger partial charge is 0.489 e. The van der Waals surface area contributed by atoms with Crippen molar-refractivity contribution in [3.63, 3.8) is 0 Å². The third-order valence-electron chi connectivity index (χ3n) is 6.78. The van der Waals surface area contributed by atoms with Gasteiger partial charge in [-0.3, -0.25) is 9.36 Å². The number of imidazole rings is 1. The zero-order chi connectivity index (χ0) is 30.2. The molecule has 3 heterocycles. The van der Waals surface area contributed by atoms with E-state index in [-0.39, 0.29) is 12.2 Å². The van der Waals surface area contributed by atoms with Crippen molar-refractivity contribution in [2.24, 2.45) is 5.73 Å². The Morgan fingerprint density at radius 1 is 1.14 bits per heavy atom. The number of carbonyl (C=O) groups excluding carboxylic acids is 2. The van der Waals surface area contributed by atoms with Crippen molar-refractivity contribution in [2.45, 2.75) is 58.3 Å². The maximum absolute atomic E-state index is 12.4. The number of carbonyl (C=O) groups is 2. The van der Waals surface area contributed by atoms with E-state index in [1.807, 2.05) is 68.7 Å². The molecular weight excluding hydrogens is 644 g/mol. The number of piperidine rings is 1. The van der Waals surface area contributed by atoms with Gasteiger partial charge in [-0.1, -0.05) is 39.7 Å². The van der Waals surface area contributed by atoms with Gasteiger partial charge in [-0.15, -0.1) is 11.3 Å². The molecule has 12 heteroatoms. The Labute approximate surface area is 261 Å². The Bertz CT molecular complexity index is 1620. The second-order valence-electron chi connectivity index (χ2n) is 11.1. The van der Waals surface area contributed by atoms with Crippen LogP contribution in [0.2, 0.25) is 5.02 Å². The van der Waals surface area contributed by atoms with Crippen LogP contribution in [0.3, 0.4) is 0 Å². The molecule has 2 amide bonds. The lowest BCUT2D eigenvalue weighted by Crippen LogP contribution is -2.44. The van der Waals surface area contributed by atoms with Crippen LogP contribution in [0.25, 0.3) is 16.0 Å². The number of hydrogen-bond donors (Lipinski definition) is 1. The van der Waals surface area contributed by atoms with Gasteiger partial charge in [-0.25, -0.2) is 9.78 Å². The molecule has 0 bridgehead atoms. The molecule has 1 fully saturated rings. The zero-order valence-corrected chi connectivity index (χ0v) is 26.9. The minimum Gasteiger partial charge on any atom is -0.489 e. The van der Waals surface area contributed by atoms with Crippen molar-refractivity contribution in [1.82, 2.24) is 14.5 Å². The van der Waals surface area contributed by atoms with Gasteiger partial charge in [0.2, 0.25) is 0 Å². The minimum absolute atomic E-state index is 0.0985. The van der Waals surface area contributed by atoms with E-state index in [4.69, 9.17) is 31.5 Å². The number of rotatable bonds is 7. The normalized spacial score (nSPS) is 15.0. The van der Waals surface area contributed by atoms with Crippen LogP contribution in [-0.2, 0) is 4.74 Å². The highest BCUT2D eigenvalue weighted by Gasteiger charge is 2.29. The molecule has 2 aromatic heterocycles. The molecule has 222 valence electrons. The van der Waals surface area contributed by atoms with E-state index >= 15 is 0 Å². The van der Waals surface area contributed by atoms with Gasteiger partial charge in [0.05, 0.1) is 16.1 Å². The summed E-state index contributed by atoms with van der Waals surface area (Å²) < 4.78 is 20.8. The first kappa shape index (κ1) is 30.2. The molecule has 1 unspecified atom stereocenters. The van der Waals surface area contributed by atoms with Gasteiger partial charge in [-0.05, 0) is 52.0 Å². The number of nitrogens with two attached hydrogens (primary N) is 1. The van der Waals surface area contributed by atoms with E-state index < -0.39 is 17.6 Å². The van der Waals surface area contributed by atoms with Gasteiger partial charge in [0.15, 0.2) is 0 Å². The van der Waals surface area contributed by atoms with Crippen molar-refractivity contribution in [2.75, 3.05) is 13.1 Å². The first-order chi connectivity index (χ1) is 19.9. The number of likely N-dealkylation sites (tertiary alicyclic amines) is 1. The number of amides is 2. The minimum atomic E-state index is -0.583. The number of thiophene rings is 1. The van der Waals surface area contributed by atoms with Crippen LogP contribution in [0.5, 0.6) is 11.5 Å². The quantitative estimate of drug-likeness (QED) is 0.217. The van der Waals surface area contributed by atoms with Crippen LogP contribution >= 0.6 is 38.9 Å². The van der Waals surface area contributed by atoms with Crippen LogP contribution in [0.15, 0.2) is 53.3 Å². The van der Waals surface area contributed by atoms with Gasteiger partial charge < -0.3 is 24.8 Å². The molecule has 42 heavy (non-hydrogen) atoms. The topological polar surface area (TPSA) is 109 Å². The molecule has 2 aromatic carbocycles. The highest BCUT2D eigenvalue weighted by molar-refractivity contribution is 9.10. The van der Waals surface area contributed by atoms with Crippen molar-refractivity contribution < 1.29 is 23.8 Å². The zero-order valence-electron chi connectivity index (χ0n) is 23.7. The summed E-state index contributed by atoms with van der Waals surface area (Å²) in [5.41, 5.74) is 7.60. The first-order valence-electron chi connectivity index (χ1n) is 13.6. The standard InChI is InChI=1S/C30H32BrClN4O5S/c1-17(39-24-15-25(42-27(24)28(33)37)36-16-34-21-9-8-18(31)14-22(21)36)20-6-5-7-23(26(20)32)40-19-10-12-35(13-11-19)29(38)41-30(2,3)4/h5-9,14-17,19H,10-13H2,1-4H3,(H2,33,37). The second-order valence-corrected chi connectivity index (χ2v) is 13.4. The smallest absolute Gasteiger partial charge is 0.410 e. The fourth-order valence-corrected chi connectivity index (χ4v) is 6.35. The lowest BCUT2D eigenvalue weighted by Gasteiger charge is -2.33. The third-order valence-corrected chi connectivity index (χ3v) is 8.81. The Balaban J connectivity index is 1.30. The predicted molar refractivity (Wildman–Crippen MR) is 167 cm³/mol. The molecule has 1 atom stereocenters. The molecule has 0 aliphatic carbocycles. The van der Waals surface area contributed by atoms with Crippen LogP contribution in [-0.4, -0.2) is 51.2 Å². The summed E-state index contributed by atoms with van der Waals surface area (Å²) in [6.45, 7) is 8.50. The number of nitrogens with zero attached hydrogens (tertiary/aromatic N) is 3. The highest BCUT2D eigenvalue weighted by atomic mass is 79.9. The fraction of sp³-hybridized carbons (Fsp3) is 0.367. The molecule has 1 saturated heterocycles. The van der Waals surface area contributed by atoms with Crippen molar-refractivity contribution >= 4 is 61.9 Å². The highest BCUT2D eigenvalue weighted by Crippen LogP contribution is 2.39. The molecule has 0 saturated carbocycles. The molecule has 0 radical (unpaired) electrons. The van der Waals surface area contributed by atoms with E-state index in [1.54, 1.807) is 17.3 Å². The van der Waals surface area contributed by atoms with Gasteiger partial charge in [0.1, 0.15) is 45.5 Å². The number of benzene rings is 2. The maximum Gasteiger partial charge on any atom is 0.410 e. The number of fused-ring (bicyclic) bond motifs is 1. The fourth-order valence-electron chi connectivity index (χ4n) is 4.75. The average Bonchev–Trinajstić information content (AvgIpc) is 3.53. The van der Waals surface area contributed by atoms with E-state index in [1.165, 1.54) is 11.3 Å². The Kier molecular flexibility index (Phi) is 8.73. The van der Waals surface area contributed by atoms with Gasteiger partial charge in [0.25, 0.3) is 5.91 Å². The summed E-state index contributed by atoms with van der Waals surface area (Å²) in [6.07, 6.45) is 2.10. The van der Waals surface area contributed by atoms with Crippen molar-refractivity contribution in [1.29, 1.82) is 0 Å². The Hall–Kier alpha value is -3.28. The van der Waals surface area contributed by atoms with Gasteiger partial charge in [-0.2, -0.15) is 0 Å². The summed E-state index contributed by atoms with van der Waals surface area (Å²) in [4.78, 5) is 31.2. The lowest BCUT2D eigenvalue weighted by molar-refractivity contribution is 0.0126. The molecule has 4 aromatic rings. The summed E-state index contributed by atoms with van der Waals surface area (Å²) in [5.74, 6) is 0.320. The number of ether oxygens (including phenoxy) is 3. The summed E-state index contributed by atoms with van der Waals surface area (Å²) in [7, 11) is 0. The third kappa shape index (κ3) is 6.68. The Morgan fingerprint density at radius 3 is 2.57 bits per heavy atom. The van der Waals surface area contributed by atoms with Crippen molar-refractivity contribution in [3.8, 4) is 16.5 Å². The van der Waals surface area contributed by atoms with E-state index in [2.05, 4.69) is 20.9 Å². The Morgan fingerprint density at radius 2 is 1.88 bits per heavy atom. The van der Waals surface area contributed by atoms with Gasteiger partial charge >= 0.3 is 6.09 Å². The van der Waals surface area contributed by atoms with Gasteiger partial charge in [0, 0.05) is 42.0 Å². The summed E-state index contributed by atoms with van der Waals surface area (Å²) >= 11 is 11.6. The number of primary amides is 1. The molecule has 0 spiro atoms. The lowest BCUT2D eigenvalue weighted by atomic mass is 10.1. The molecule has 1 aliphatic heterocycles. The second kappa shape index (κ2) is 12.1. The van der Waals surface area contributed by atoms with Crippen LogP contribution in [0, 0.1) is 0 Å². The van der Waals surface area contributed by atoms with Crippen LogP contribution in [0.4, 0.5) is 4.79 Å². The summed E-state index contributed by atoms with van der Waals surface area (Å²) in [6, 6.07) is 13.1. The number of aromatic nitrogens is 2. The van der Waals surface area contributed by atoms with E-state index in [0.29, 0.717) is 52.9 Å². The molecule has 5 rings (SSSR count). The number of halogens is 2. The van der Waals surface area contributed by atoms with Crippen LogP contribution in [0.1, 0.15) is 61.9 Å². The molecule has 2 N–H and O–H groups in total. The van der Waals surface area contributed by atoms with E-state index in [9.17, 15) is 9.59 Å². The number of hydrogen-bond acceptors (Lipinski definition) is 7. The van der Waals surface area contributed by atoms with Crippen molar-refractivity contribution in [3.05, 3.63) is 68.7 Å². The van der Waals surface area contributed by atoms with E-state index in [0.717, 1.165) is 20.5 Å². The monoisotopic (exact) mass is 674 g/mol. The summed E-state index contributed by atoms with van der Waals surface area (Å²) in [5, 5.41) is 1.17. The molecular formula is C30H32BrClN4O5S. The molecule has 1 aliphatic rings. The first-order valence-corrected chi connectivity index (χ1v) is 15.5. The predicted octanol–water partition coefficient (Wildman–Crippen LogP) is 7.52.